The topological polar surface area (TPSA) is 29.1 Å². The molecule has 1 amide bonds. The molecule has 17 heavy (non-hydrogen) atoms. The number of halogens is 1. The van der Waals surface area contributed by atoms with Gasteiger partial charge in [0.1, 0.15) is 0 Å². The zero-order valence-corrected chi connectivity index (χ0v) is 11.5. The molecule has 1 aliphatic rings. The van der Waals surface area contributed by atoms with Crippen molar-refractivity contribution in [2.24, 2.45) is 0 Å². The first-order chi connectivity index (χ1) is 8.15. The van der Waals surface area contributed by atoms with Crippen LogP contribution in [0.2, 0.25) is 0 Å². The molecule has 0 heterocycles. The minimum absolute atomic E-state index is 0.0447. The van der Waals surface area contributed by atoms with Crippen LogP contribution in [-0.4, -0.2) is 11.9 Å². The van der Waals surface area contributed by atoms with Crippen molar-refractivity contribution in [2.45, 2.75) is 32.2 Å². The van der Waals surface area contributed by atoms with Crippen molar-refractivity contribution < 1.29 is 4.79 Å². The zero-order chi connectivity index (χ0) is 12.3. The largest absolute Gasteiger partial charge is 0.350 e. The van der Waals surface area contributed by atoms with Crippen molar-refractivity contribution in [3.63, 3.8) is 0 Å². The van der Waals surface area contributed by atoms with Gasteiger partial charge in [0.15, 0.2) is 0 Å². The molecule has 1 aromatic rings. The Bertz CT molecular complexity index is 436. The predicted molar refractivity (Wildman–Crippen MR) is 73.6 cm³/mol. The van der Waals surface area contributed by atoms with E-state index in [1.54, 1.807) is 6.92 Å². The molecule has 0 aromatic heterocycles. The van der Waals surface area contributed by atoms with E-state index in [0.29, 0.717) is 0 Å². The molecule has 1 aromatic carbocycles. The number of amides is 1. The molecule has 2 rings (SSSR count). The van der Waals surface area contributed by atoms with Crippen LogP contribution in [-0.2, 0) is 4.79 Å². The zero-order valence-electron chi connectivity index (χ0n) is 9.87. The van der Waals surface area contributed by atoms with Gasteiger partial charge in [0.2, 0.25) is 5.91 Å². The third-order valence-electron chi connectivity index (χ3n) is 2.97. The van der Waals surface area contributed by atoms with Crippen molar-refractivity contribution >= 4 is 27.4 Å². The van der Waals surface area contributed by atoms with Crippen molar-refractivity contribution in [1.82, 2.24) is 5.32 Å². The predicted octanol–water partition coefficient (Wildman–Crippen LogP) is 3.52. The van der Waals surface area contributed by atoms with Crippen LogP contribution in [0.5, 0.6) is 0 Å². The van der Waals surface area contributed by atoms with Gasteiger partial charge >= 0.3 is 0 Å². The molecule has 0 spiro atoms. The smallest absolute Gasteiger partial charge is 0.217 e. The van der Waals surface area contributed by atoms with E-state index in [1.165, 1.54) is 11.1 Å². The van der Waals surface area contributed by atoms with Crippen LogP contribution in [0.15, 0.2) is 34.8 Å². The molecule has 0 radical (unpaired) electrons. The van der Waals surface area contributed by atoms with Gasteiger partial charge in [0, 0.05) is 17.4 Å². The van der Waals surface area contributed by atoms with Gasteiger partial charge in [-0.3, -0.25) is 4.79 Å². The second kappa shape index (κ2) is 5.50. The van der Waals surface area contributed by atoms with Crippen molar-refractivity contribution in [3.05, 3.63) is 40.4 Å². The summed E-state index contributed by atoms with van der Waals surface area (Å²) in [6.45, 7) is 1.57. The Labute approximate surface area is 110 Å². The van der Waals surface area contributed by atoms with E-state index in [0.717, 1.165) is 23.7 Å². The second-order valence-electron chi connectivity index (χ2n) is 4.40. The van der Waals surface area contributed by atoms with Gasteiger partial charge in [0.25, 0.3) is 0 Å². The maximum atomic E-state index is 11.1. The summed E-state index contributed by atoms with van der Waals surface area (Å²) in [4.78, 5) is 11.1. The molecular formula is C14H16BrNO. The Kier molecular flexibility index (Phi) is 4.00. The Hall–Kier alpha value is -1.09. The highest BCUT2D eigenvalue weighted by atomic mass is 79.9. The highest BCUT2D eigenvalue weighted by Crippen LogP contribution is 2.27. The second-order valence-corrected chi connectivity index (χ2v) is 5.31. The Morgan fingerprint density at radius 2 is 2.06 bits per heavy atom. The summed E-state index contributed by atoms with van der Waals surface area (Å²) in [6, 6.07) is 8.54. The van der Waals surface area contributed by atoms with Gasteiger partial charge in [-0.2, -0.15) is 0 Å². The standard InChI is InChI=1S/C14H16BrNO/c1-10(17)16-14-4-2-3-12(9-14)11-5-7-13(15)8-6-11/h5-9,14H,2-4H2,1H3,(H,16,17)/t14-/m1/s1. The van der Waals surface area contributed by atoms with Gasteiger partial charge in [-0.1, -0.05) is 34.1 Å². The summed E-state index contributed by atoms with van der Waals surface area (Å²) >= 11 is 3.44. The van der Waals surface area contributed by atoms with Crippen molar-refractivity contribution in [2.75, 3.05) is 0 Å². The molecule has 0 aliphatic heterocycles. The van der Waals surface area contributed by atoms with Crippen LogP contribution in [0.25, 0.3) is 5.57 Å². The number of carbonyl (C=O) groups is 1. The lowest BCUT2D eigenvalue weighted by atomic mass is 9.91. The molecule has 0 fully saturated rings. The normalized spacial score (nSPS) is 19.6. The molecule has 3 heteroatoms. The number of allylic oxidation sites excluding steroid dienone is 1. The highest BCUT2D eigenvalue weighted by Gasteiger charge is 2.15. The van der Waals surface area contributed by atoms with Gasteiger partial charge in [-0.25, -0.2) is 0 Å². The van der Waals surface area contributed by atoms with E-state index in [2.05, 4.69) is 51.6 Å². The summed E-state index contributed by atoms with van der Waals surface area (Å²) in [5.74, 6) is 0.0447. The first kappa shape index (κ1) is 12.4. The van der Waals surface area contributed by atoms with E-state index in [9.17, 15) is 4.79 Å². The lowest BCUT2D eigenvalue weighted by molar-refractivity contribution is -0.119. The quantitative estimate of drug-likeness (QED) is 0.888. The fourth-order valence-electron chi connectivity index (χ4n) is 2.20. The Morgan fingerprint density at radius 3 is 2.71 bits per heavy atom. The molecule has 90 valence electrons. The number of rotatable bonds is 2. The lowest BCUT2D eigenvalue weighted by Gasteiger charge is -2.22. The number of benzene rings is 1. The van der Waals surface area contributed by atoms with E-state index in [-0.39, 0.29) is 11.9 Å². The molecule has 1 atom stereocenters. The van der Waals surface area contributed by atoms with Crippen molar-refractivity contribution in [3.8, 4) is 0 Å². The van der Waals surface area contributed by atoms with E-state index < -0.39 is 0 Å². The van der Waals surface area contributed by atoms with Gasteiger partial charge in [-0.05, 0) is 42.5 Å². The maximum Gasteiger partial charge on any atom is 0.217 e. The van der Waals surface area contributed by atoms with Crippen LogP contribution in [0, 0.1) is 0 Å². The fourth-order valence-corrected chi connectivity index (χ4v) is 2.47. The summed E-state index contributed by atoms with van der Waals surface area (Å²) in [5.41, 5.74) is 2.59. The summed E-state index contributed by atoms with van der Waals surface area (Å²) in [7, 11) is 0. The third-order valence-corrected chi connectivity index (χ3v) is 3.50. The maximum absolute atomic E-state index is 11.1. The van der Waals surface area contributed by atoms with Crippen LogP contribution < -0.4 is 5.32 Å². The number of hydrogen-bond acceptors (Lipinski definition) is 1. The molecule has 1 N–H and O–H groups in total. The van der Waals surface area contributed by atoms with Gasteiger partial charge < -0.3 is 5.32 Å². The van der Waals surface area contributed by atoms with Gasteiger partial charge in [0.05, 0.1) is 0 Å². The van der Waals surface area contributed by atoms with E-state index in [4.69, 9.17) is 0 Å². The number of nitrogens with one attached hydrogen (secondary N) is 1. The van der Waals surface area contributed by atoms with Crippen LogP contribution >= 0.6 is 15.9 Å². The monoisotopic (exact) mass is 293 g/mol. The Balaban J connectivity index is 2.17. The molecule has 0 saturated carbocycles. The Morgan fingerprint density at radius 1 is 1.35 bits per heavy atom. The number of carbonyl (C=O) groups excluding carboxylic acids is 1. The molecule has 0 bridgehead atoms. The van der Waals surface area contributed by atoms with Crippen LogP contribution in [0.3, 0.4) is 0 Å². The lowest BCUT2D eigenvalue weighted by Crippen LogP contribution is -2.32. The minimum Gasteiger partial charge on any atom is -0.350 e. The average Bonchev–Trinajstić information content (AvgIpc) is 2.29. The van der Waals surface area contributed by atoms with Crippen LogP contribution in [0.4, 0.5) is 0 Å². The molecule has 1 aliphatic carbocycles. The average molecular weight is 294 g/mol. The van der Waals surface area contributed by atoms with E-state index in [1.807, 2.05) is 0 Å². The van der Waals surface area contributed by atoms with Gasteiger partial charge in [-0.15, -0.1) is 0 Å². The van der Waals surface area contributed by atoms with E-state index >= 15 is 0 Å². The molecule has 0 saturated heterocycles. The number of hydrogen-bond donors (Lipinski definition) is 1. The first-order valence-corrected chi connectivity index (χ1v) is 6.68. The third kappa shape index (κ3) is 3.43. The SMILES string of the molecule is CC(=O)N[C@H]1C=C(c2ccc(Br)cc2)CCC1. The van der Waals surface area contributed by atoms with Crippen LogP contribution in [0.1, 0.15) is 31.7 Å². The molecule has 0 unspecified atom stereocenters. The molecular weight excluding hydrogens is 278 g/mol. The summed E-state index contributed by atoms with van der Waals surface area (Å²) < 4.78 is 1.09. The van der Waals surface area contributed by atoms with Crippen molar-refractivity contribution in [1.29, 1.82) is 0 Å². The summed E-state index contributed by atoms with van der Waals surface area (Å²) in [6.07, 6.45) is 5.46. The first-order valence-electron chi connectivity index (χ1n) is 5.89. The fraction of sp³-hybridized carbons (Fsp3) is 0.357. The molecule has 2 nitrogen and oxygen atoms in total. The summed E-state index contributed by atoms with van der Waals surface area (Å²) in [5, 5.41) is 2.97. The highest BCUT2D eigenvalue weighted by molar-refractivity contribution is 9.10. The minimum atomic E-state index is 0.0447.